The highest BCUT2D eigenvalue weighted by Crippen LogP contribution is 2.27. The number of hydrogen-bond acceptors (Lipinski definition) is 6. The normalized spacial score (nSPS) is 11.6. The molecule has 0 fully saturated rings. The zero-order valence-electron chi connectivity index (χ0n) is 18.4. The molecule has 0 aliphatic rings. The van der Waals surface area contributed by atoms with Crippen LogP contribution in [-0.4, -0.2) is 40.1 Å². The Balaban J connectivity index is 1.57. The predicted octanol–water partition coefficient (Wildman–Crippen LogP) is 5.07. The van der Waals surface area contributed by atoms with E-state index in [1.54, 1.807) is 6.21 Å². The Morgan fingerprint density at radius 2 is 1.81 bits per heavy atom. The molecule has 0 saturated carbocycles. The van der Waals surface area contributed by atoms with Gasteiger partial charge in [0.2, 0.25) is 0 Å². The largest absolute Gasteiger partial charge is 0.378 e. The van der Waals surface area contributed by atoms with E-state index in [2.05, 4.69) is 67.4 Å². The summed E-state index contributed by atoms with van der Waals surface area (Å²) < 4.78 is 2.25. The first-order valence-corrected chi connectivity index (χ1v) is 10.9. The maximum Gasteiger partial charge on any atom is 0.265 e. The van der Waals surface area contributed by atoms with E-state index in [-0.39, 0.29) is 0 Å². The third-order valence-electron chi connectivity index (χ3n) is 5.40. The van der Waals surface area contributed by atoms with Crippen LogP contribution in [0.3, 0.4) is 0 Å². The number of fused-ring (bicyclic) bond motifs is 3. The lowest BCUT2D eigenvalue weighted by molar-refractivity contribution is 0.600. The molecule has 2 aromatic carbocycles. The highest BCUT2D eigenvalue weighted by molar-refractivity contribution is 6.04. The van der Waals surface area contributed by atoms with Gasteiger partial charge in [-0.2, -0.15) is 10.1 Å². The quantitative estimate of drug-likeness (QED) is 0.235. The number of hydrogen-bond donors (Lipinski definition) is 1. The van der Waals surface area contributed by atoms with Crippen molar-refractivity contribution >= 4 is 39.9 Å². The van der Waals surface area contributed by atoms with Crippen molar-refractivity contribution < 1.29 is 0 Å². The summed E-state index contributed by atoms with van der Waals surface area (Å²) in [4.78, 5) is 6.80. The lowest BCUT2D eigenvalue weighted by Crippen LogP contribution is -2.08. The van der Waals surface area contributed by atoms with Gasteiger partial charge in [0, 0.05) is 31.7 Å². The third kappa shape index (κ3) is 4.66. The molecular formula is C24H29N7. The highest BCUT2D eigenvalue weighted by Gasteiger charge is 2.14. The van der Waals surface area contributed by atoms with Crippen LogP contribution in [0.4, 0.5) is 11.6 Å². The number of benzene rings is 2. The zero-order valence-corrected chi connectivity index (χ0v) is 18.4. The van der Waals surface area contributed by atoms with Gasteiger partial charge in [-0.3, -0.25) is 0 Å². The topological polar surface area (TPSA) is 71.2 Å². The first-order valence-electron chi connectivity index (χ1n) is 10.9. The minimum absolute atomic E-state index is 0.395. The van der Waals surface area contributed by atoms with Crippen LogP contribution in [0.1, 0.15) is 38.2 Å². The Labute approximate surface area is 182 Å². The molecule has 2 heterocycles. The fourth-order valence-electron chi connectivity index (χ4n) is 3.70. The summed E-state index contributed by atoms with van der Waals surface area (Å²) in [5.74, 6) is 0.395. The van der Waals surface area contributed by atoms with Crippen molar-refractivity contribution in [3.63, 3.8) is 0 Å². The molecule has 0 amide bonds. The van der Waals surface area contributed by atoms with Crippen LogP contribution in [0.2, 0.25) is 0 Å². The van der Waals surface area contributed by atoms with Gasteiger partial charge in [0.05, 0.1) is 11.7 Å². The summed E-state index contributed by atoms with van der Waals surface area (Å²) in [5, 5.41) is 14.1. The van der Waals surface area contributed by atoms with E-state index in [4.69, 9.17) is 4.98 Å². The second-order valence-electron chi connectivity index (χ2n) is 7.89. The molecular weight excluding hydrogens is 386 g/mol. The van der Waals surface area contributed by atoms with E-state index >= 15 is 0 Å². The number of anilines is 2. The van der Waals surface area contributed by atoms with Gasteiger partial charge in [-0.15, -0.1) is 10.2 Å². The number of unbranched alkanes of at least 4 members (excludes halogenated alkanes) is 3. The molecule has 4 aromatic rings. The van der Waals surface area contributed by atoms with Crippen LogP contribution in [0.5, 0.6) is 0 Å². The number of aromatic nitrogens is 4. The van der Waals surface area contributed by atoms with Crippen LogP contribution < -0.4 is 10.3 Å². The third-order valence-corrected chi connectivity index (χ3v) is 5.40. The fraction of sp³-hybridized carbons (Fsp3) is 0.333. The van der Waals surface area contributed by atoms with Crippen molar-refractivity contribution in [1.29, 1.82) is 0 Å². The lowest BCUT2D eigenvalue weighted by Gasteiger charge is -2.11. The Bertz CT molecular complexity index is 1180. The maximum absolute atomic E-state index is 4.74. The molecule has 0 bridgehead atoms. The molecule has 0 saturated heterocycles. The molecule has 7 heteroatoms. The standard InChI is InChI=1S/C24H29N7/c1-4-5-6-9-16-31-21-11-8-7-10-20(21)22-23(31)26-24(29-27-22)28-25-17-18-12-14-19(15-13-18)30(2)3/h7-8,10-15,17H,4-6,9,16H2,1-3H3,(H,26,28,29)/b25-17+. The molecule has 7 nitrogen and oxygen atoms in total. The van der Waals surface area contributed by atoms with Crippen molar-refractivity contribution in [1.82, 2.24) is 19.7 Å². The number of para-hydroxylation sites is 1. The molecule has 0 aliphatic heterocycles. The molecule has 4 rings (SSSR count). The number of nitrogens with one attached hydrogen (secondary N) is 1. The van der Waals surface area contributed by atoms with Gasteiger partial charge < -0.3 is 9.47 Å². The van der Waals surface area contributed by atoms with E-state index in [0.29, 0.717) is 5.95 Å². The molecule has 0 unspecified atom stereocenters. The smallest absolute Gasteiger partial charge is 0.265 e. The minimum atomic E-state index is 0.395. The monoisotopic (exact) mass is 415 g/mol. The predicted molar refractivity (Wildman–Crippen MR) is 129 cm³/mol. The second kappa shape index (κ2) is 9.55. The number of rotatable bonds is 9. The van der Waals surface area contributed by atoms with E-state index in [1.807, 2.05) is 32.3 Å². The van der Waals surface area contributed by atoms with Crippen molar-refractivity contribution in [2.45, 2.75) is 39.2 Å². The van der Waals surface area contributed by atoms with Gasteiger partial charge in [0.1, 0.15) is 5.52 Å². The fourth-order valence-corrected chi connectivity index (χ4v) is 3.70. The van der Waals surface area contributed by atoms with Gasteiger partial charge in [-0.1, -0.05) is 56.5 Å². The average Bonchev–Trinajstić information content (AvgIpc) is 3.10. The number of nitrogens with zero attached hydrogens (tertiary/aromatic N) is 6. The molecule has 31 heavy (non-hydrogen) atoms. The summed E-state index contributed by atoms with van der Waals surface area (Å²) in [7, 11) is 4.04. The van der Waals surface area contributed by atoms with Crippen molar-refractivity contribution in [3.05, 3.63) is 54.1 Å². The molecule has 0 atom stereocenters. The molecule has 160 valence electrons. The van der Waals surface area contributed by atoms with Gasteiger partial charge in [-0.05, 0) is 30.2 Å². The zero-order chi connectivity index (χ0) is 21.6. The Morgan fingerprint density at radius 1 is 1.00 bits per heavy atom. The van der Waals surface area contributed by atoms with E-state index < -0.39 is 0 Å². The molecule has 0 aliphatic carbocycles. The first-order chi connectivity index (χ1) is 15.2. The van der Waals surface area contributed by atoms with Gasteiger partial charge in [0.15, 0.2) is 5.65 Å². The van der Waals surface area contributed by atoms with E-state index in [9.17, 15) is 0 Å². The lowest BCUT2D eigenvalue weighted by atomic mass is 10.2. The maximum atomic E-state index is 4.74. The average molecular weight is 416 g/mol. The summed E-state index contributed by atoms with van der Waals surface area (Å²) in [5.41, 5.74) is 7.91. The van der Waals surface area contributed by atoms with Crippen LogP contribution in [0.15, 0.2) is 53.6 Å². The summed E-state index contributed by atoms with van der Waals surface area (Å²) >= 11 is 0. The molecule has 2 aromatic heterocycles. The SMILES string of the molecule is CCCCCCn1c2ccccc2c2nnc(N/N=C/c3ccc(N(C)C)cc3)nc21. The Kier molecular flexibility index (Phi) is 6.40. The summed E-state index contributed by atoms with van der Waals surface area (Å²) in [6.07, 6.45) is 6.57. The van der Waals surface area contributed by atoms with Crippen LogP contribution >= 0.6 is 0 Å². The second-order valence-corrected chi connectivity index (χ2v) is 7.89. The van der Waals surface area contributed by atoms with Crippen LogP contribution in [0, 0.1) is 0 Å². The van der Waals surface area contributed by atoms with Crippen molar-refractivity contribution in [2.75, 3.05) is 24.4 Å². The number of hydrazone groups is 1. The van der Waals surface area contributed by atoms with Crippen molar-refractivity contribution in [3.8, 4) is 0 Å². The Hall–Kier alpha value is -3.48. The van der Waals surface area contributed by atoms with E-state index in [1.165, 1.54) is 19.3 Å². The molecule has 0 spiro atoms. The highest BCUT2D eigenvalue weighted by atomic mass is 15.4. The van der Waals surface area contributed by atoms with Gasteiger partial charge in [-0.25, -0.2) is 5.43 Å². The molecule has 0 radical (unpaired) electrons. The van der Waals surface area contributed by atoms with Gasteiger partial charge >= 0.3 is 0 Å². The van der Waals surface area contributed by atoms with Gasteiger partial charge in [0.25, 0.3) is 5.95 Å². The number of aryl methyl sites for hydroxylation is 1. The van der Waals surface area contributed by atoms with Crippen molar-refractivity contribution in [2.24, 2.45) is 5.10 Å². The van der Waals surface area contributed by atoms with Crippen LogP contribution in [0.25, 0.3) is 22.1 Å². The van der Waals surface area contributed by atoms with Crippen LogP contribution in [-0.2, 0) is 6.54 Å². The Morgan fingerprint density at radius 3 is 2.58 bits per heavy atom. The summed E-state index contributed by atoms with van der Waals surface area (Å²) in [6, 6.07) is 16.5. The first kappa shape index (κ1) is 20.8. The summed E-state index contributed by atoms with van der Waals surface area (Å²) in [6.45, 7) is 3.15. The molecule has 1 N–H and O–H groups in total. The van der Waals surface area contributed by atoms with E-state index in [0.717, 1.165) is 46.3 Å². The minimum Gasteiger partial charge on any atom is -0.378 e.